The number of anilines is 2. The van der Waals surface area contributed by atoms with Crippen LogP contribution in [-0.4, -0.2) is 41.6 Å². The minimum absolute atomic E-state index is 0. The number of carbonyl (C=O) groups is 1. The van der Waals surface area contributed by atoms with Crippen molar-refractivity contribution in [2.75, 3.05) is 29.9 Å². The lowest BCUT2D eigenvalue weighted by molar-refractivity contribution is 0.103. The second kappa shape index (κ2) is 10.8. The van der Waals surface area contributed by atoms with Gasteiger partial charge in [-0.1, -0.05) is 23.7 Å². The van der Waals surface area contributed by atoms with Crippen LogP contribution in [0.2, 0.25) is 5.02 Å². The van der Waals surface area contributed by atoms with Gasteiger partial charge in [0.15, 0.2) is 5.78 Å². The number of aliphatic hydroxyl groups is 1. The third-order valence-corrected chi connectivity index (χ3v) is 5.78. The zero-order valence-electron chi connectivity index (χ0n) is 17.4. The maximum absolute atomic E-state index is 13.1. The van der Waals surface area contributed by atoms with Crippen molar-refractivity contribution < 1.29 is 14.3 Å². The number of hydrogen-bond acceptors (Lipinski definition) is 5. The number of hydrogen-bond donors (Lipinski definition) is 2. The Morgan fingerprint density at radius 1 is 1.22 bits per heavy atom. The van der Waals surface area contributed by atoms with Gasteiger partial charge < -0.3 is 15.3 Å². The summed E-state index contributed by atoms with van der Waals surface area (Å²) >= 11 is 6.19. The van der Waals surface area contributed by atoms with Crippen molar-refractivity contribution >= 4 is 42.4 Å². The molecule has 2 N–H and O–H groups in total. The second-order valence-corrected chi connectivity index (χ2v) is 7.97. The molecule has 1 atom stereocenters. The van der Waals surface area contributed by atoms with Crippen LogP contribution in [0.1, 0.15) is 27.9 Å². The third-order valence-electron chi connectivity index (χ3n) is 5.45. The highest BCUT2D eigenvalue weighted by Crippen LogP contribution is 2.29. The van der Waals surface area contributed by atoms with Gasteiger partial charge in [-0.15, -0.1) is 0 Å². The molecule has 0 spiro atoms. The molecule has 2 heterocycles. The Balaban J connectivity index is 0.00000289. The Bertz CT molecular complexity index is 1080. The van der Waals surface area contributed by atoms with E-state index in [1.54, 1.807) is 30.3 Å². The first-order chi connectivity index (χ1) is 15.0. The summed E-state index contributed by atoms with van der Waals surface area (Å²) in [5, 5.41) is 13.3. The normalized spacial score (nSPS) is 15.3. The summed E-state index contributed by atoms with van der Waals surface area (Å²) in [7, 11) is 0. The Morgan fingerprint density at radius 3 is 2.75 bits per heavy atom. The number of aromatic nitrogens is 1. The maximum atomic E-state index is 13.1. The van der Waals surface area contributed by atoms with Gasteiger partial charge in [0.05, 0.1) is 11.2 Å². The fraction of sp³-hybridized carbons (Fsp3) is 0.250. The molecule has 168 valence electrons. The molecule has 2 aromatic carbocycles. The van der Waals surface area contributed by atoms with Gasteiger partial charge in [0.2, 0.25) is 0 Å². The van der Waals surface area contributed by atoms with Crippen molar-refractivity contribution in [1.29, 1.82) is 0 Å². The highest BCUT2D eigenvalue weighted by atomic mass is 35.5. The van der Waals surface area contributed by atoms with E-state index in [9.17, 15) is 14.3 Å². The van der Waals surface area contributed by atoms with E-state index in [-0.39, 0.29) is 37.7 Å². The minimum Gasteiger partial charge on any atom is -0.396 e. The maximum Gasteiger partial charge on any atom is 0.194 e. The Morgan fingerprint density at radius 2 is 2.03 bits per heavy atom. The van der Waals surface area contributed by atoms with Gasteiger partial charge in [0.25, 0.3) is 0 Å². The van der Waals surface area contributed by atoms with Crippen LogP contribution in [0.5, 0.6) is 0 Å². The van der Waals surface area contributed by atoms with Gasteiger partial charge in [-0.05, 0) is 60.9 Å². The average molecular weight is 474 g/mol. The van der Waals surface area contributed by atoms with Gasteiger partial charge in [0, 0.05) is 42.6 Å². The van der Waals surface area contributed by atoms with E-state index in [1.165, 1.54) is 12.3 Å². The number of rotatable bonds is 7. The molecular formula is C24H25ClFN3O2S. The number of halogens is 2. The second-order valence-electron chi connectivity index (χ2n) is 7.56. The van der Waals surface area contributed by atoms with Crippen molar-refractivity contribution in [2.24, 2.45) is 0 Å². The Hall–Kier alpha value is -2.61. The fourth-order valence-electron chi connectivity index (χ4n) is 3.92. The van der Waals surface area contributed by atoms with E-state index in [4.69, 9.17) is 11.6 Å². The molecule has 5 nitrogen and oxygen atoms in total. The highest BCUT2D eigenvalue weighted by Gasteiger charge is 2.25. The lowest BCUT2D eigenvalue weighted by Gasteiger charge is -2.23. The van der Waals surface area contributed by atoms with Gasteiger partial charge >= 0.3 is 0 Å². The van der Waals surface area contributed by atoms with Crippen LogP contribution in [0.25, 0.3) is 0 Å². The summed E-state index contributed by atoms with van der Waals surface area (Å²) in [6.07, 6.45) is 2.55. The molecule has 0 unspecified atom stereocenters. The van der Waals surface area contributed by atoms with E-state index >= 15 is 0 Å². The SMILES string of the molecule is O=C(c1ccc(N2CC[C@H](Nc3ccc(F)cn3)C2)c(CCO)c1)c1ccccc1Cl.S. The number of carbonyl (C=O) groups excluding carboxylic acids is 1. The molecule has 3 aromatic rings. The number of aliphatic hydroxyl groups excluding tert-OH is 1. The van der Waals surface area contributed by atoms with Crippen molar-refractivity contribution in [3.63, 3.8) is 0 Å². The molecule has 0 aliphatic carbocycles. The molecule has 1 aliphatic heterocycles. The largest absolute Gasteiger partial charge is 0.396 e. The van der Waals surface area contributed by atoms with Gasteiger partial charge in [-0.2, -0.15) is 13.5 Å². The van der Waals surface area contributed by atoms with Gasteiger partial charge in [0.1, 0.15) is 11.6 Å². The van der Waals surface area contributed by atoms with Crippen molar-refractivity contribution in [1.82, 2.24) is 4.98 Å². The van der Waals surface area contributed by atoms with Crippen LogP contribution < -0.4 is 10.2 Å². The molecule has 0 saturated carbocycles. The van der Waals surface area contributed by atoms with Crippen LogP contribution in [-0.2, 0) is 6.42 Å². The molecule has 1 aromatic heterocycles. The van der Waals surface area contributed by atoms with Crippen LogP contribution in [0.15, 0.2) is 60.8 Å². The van der Waals surface area contributed by atoms with Crippen molar-refractivity contribution in [2.45, 2.75) is 18.9 Å². The average Bonchev–Trinajstić information content (AvgIpc) is 3.24. The Labute approximate surface area is 198 Å². The van der Waals surface area contributed by atoms with Crippen LogP contribution in [0.4, 0.5) is 15.9 Å². The first kappa shape index (κ1) is 24.0. The molecule has 0 amide bonds. The predicted molar refractivity (Wildman–Crippen MR) is 131 cm³/mol. The lowest BCUT2D eigenvalue weighted by atomic mass is 9.98. The first-order valence-corrected chi connectivity index (χ1v) is 10.6. The van der Waals surface area contributed by atoms with Gasteiger partial charge in [-0.3, -0.25) is 4.79 Å². The molecule has 1 aliphatic rings. The highest BCUT2D eigenvalue weighted by molar-refractivity contribution is 7.59. The minimum atomic E-state index is -0.362. The number of benzene rings is 2. The number of ketones is 1. The van der Waals surface area contributed by atoms with Crippen molar-refractivity contribution in [3.8, 4) is 0 Å². The predicted octanol–water partition coefficient (Wildman–Crippen LogP) is 4.44. The molecule has 32 heavy (non-hydrogen) atoms. The first-order valence-electron chi connectivity index (χ1n) is 10.2. The third kappa shape index (κ3) is 5.41. The van der Waals surface area contributed by atoms with E-state index in [0.717, 1.165) is 30.8 Å². The molecule has 8 heteroatoms. The van der Waals surface area contributed by atoms with Crippen molar-refractivity contribution in [3.05, 3.63) is 88.3 Å². The van der Waals surface area contributed by atoms with E-state index in [2.05, 4.69) is 15.2 Å². The molecule has 0 bridgehead atoms. The topological polar surface area (TPSA) is 65.5 Å². The summed E-state index contributed by atoms with van der Waals surface area (Å²) in [6.45, 7) is 1.57. The van der Waals surface area contributed by atoms with Crippen LogP contribution in [0, 0.1) is 5.82 Å². The zero-order valence-corrected chi connectivity index (χ0v) is 19.1. The fourth-order valence-corrected chi connectivity index (χ4v) is 4.15. The van der Waals surface area contributed by atoms with Crippen LogP contribution in [0.3, 0.4) is 0 Å². The molecule has 0 radical (unpaired) electrons. The molecule has 1 fully saturated rings. The number of nitrogens with one attached hydrogen (secondary N) is 1. The summed E-state index contributed by atoms with van der Waals surface area (Å²) in [5.41, 5.74) is 2.93. The summed E-state index contributed by atoms with van der Waals surface area (Å²) in [6, 6.07) is 15.8. The smallest absolute Gasteiger partial charge is 0.194 e. The standard InChI is InChI=1S/C24H23ClFN3O2.H2S/c25-21-4-2-1-3-20(21)24(31)17-5-7-22(16(13-17)10-12-30)29-11-9-19(15-29)28-23-8-6-18(26)14-27-23;/h1-8,13-14,19,30H,9-12,15H2,(H,27,28);1H2/t19-;/m0./s1. The van der Waals surface area contributed by atoms with Crippen LogP contribution >= 0.6 is 25.1 Å². The summed E-state index contributed by atoms with van der Waals surface area (Å²) in [4.78, 5) is 19.2. The quantitative estimate of drug-likeness (QED) is 0.496. The summed E-state index contributed by atoms with van der Waals surface area (Å²) < 4.78 is 13.1. The van der Waals surface area contributed by atoms with E-state index in [1.807, 2.05) is 18.2 Å². The van der Waals surface area contributed by atoms with E-state index in [0.29, 0.717) is 28.4 Å². The monoisotopic (exact) mass is 473 g/mol. The molecule has 4 rings (SSSR count). The van der Waals surface area contributed by atoms with Gasteiger partial charge in [-0.25, -0.2) is 9.37 Å². The summed E-state index contributed by atoms with van der Waals surface area (Å²) in [5.74, 6) is 0.142. The Kier molecular flexibility index (Phi) is 8.12. The molecular weight excluding hydrogens is 449 g/mol. The lowest BCUT2D eigenvalue weighted by Crippen LogP contribution is -2.27. The zero-order chi connectivity index (χ0) is 21.8. The van der Waals surface area contributed by atoms with E-state index < -0.39 is 0 Å². The number of pyridine rings is 1. The molecule has 1 saturated heterocycles. The number of nitrogens with zero attached hydrogens (tertiary/aromatic N) is 2.